The summed E-state index contributed by atoms with van der Waals surface area (Å²) in [5, 5.41) is 0. The molecule has 2 nitrogen and oxygen atoms in total. The Kier molecular flexibility index (Phi) is 3.92. The number of esters is 1. The van der Waals surface area contributed by atoms with Gasteiger partial charge in [0.25, 0.3) is 0 Å². The van der Waals surface area contributed by atoms with E-state index in [9.17, 15) is 4.79 Å². The van der Waals surface area contributed by atoms with Gasteiger partial charge in [0.15, 0.2) is 0 Å². The first kappa shape index (κ1) is 11.6. The third-order valence-electron chi connectivity index (χ3n) is 1.85. The van der Waals surface area contributed by atoms with Gasteiger partial charge in [-0.15, -0.1) is 0 Å². The van der Waals surface area contributed by atoms with Crippen LogP contribution in [0.4, 0.5) is 0 Å². The molecule has 3 heteroatoms. The zero-order chi connectivity index (χ0) is 9.94. The topological polar surface area (TPSA) is 26.3 Å². The molecule has 0 amide bonds. The predicted octanol–water partition coefficient (Wildman–Crippen LogP) is 2.09. The minimum absolute atomic E-state index is 0.0571. The summed E-state index contributed by atoms with van der Waals surface area (Å²) in [6.07, 6.45) is 0. The van der Waals surface area contributed by atoms with Crippen LogP contribution in [0.3, 0.4) is 0 Å². The first-order valence-corrected chi connectivity index (χ1v) is 7.69. The molecule has 0 aliphatic heterocycles. The molecule has 0 aliphatic rings. The summed E-state index contributed by atoms with van der Waals surface area (Å²) < 4.78 is 5.20. The summed E-state index contributed by atoms with van der Waals surface area (Å²) in [5.74, 6) is -0.216. The molecule has 1 atom stereocenters. The van der Waals surface area contributed by atoms with Gasteiger partial charge >= 0.3 is 74.6 Å². The molecule has 0 aliphatic carbocycles. The van der Waals surface area contributed by atoms with E-state index in [4.69, 9.17) is 4.74 Å². The molecule has 0 fully saturated rings. The van der Waals surface area contributed by atoms with Crippen molar-refractivity contribution in [3.05, 3.63) is 12.2 Å². The van der Waals surface area contributed by atoms with Crippen molar-refractivity contribution in [3.63, 3.8) is 0 Å². The van der Waals surface area contributed by atoms with Gasteiger partial charge in [-0.25, -0.2) is 0 Å². The molecule has 12 heavy (non-hydrogen) atoms. The van der Waals surface area contributed by atoms with Crippen LogP contribution >= 0.6 is 7.26 Å². The summed E-state index contributed by atoms with van der Waals surface area (Å²) in [5.41, 5.74) is 0.472. The van der Waals surface area contributed by atoms with E-state index < -0.39 is 7.26 Å². The first-order valence-electron chi connectivity index (χ1n) is 4.11. The van der Waals surface area contributed by atoms with Crippen LogP contribution in [0.2, 0.25) is 0 Å². The number of carbonyl (C=O) groups excluding carboxylic acids is 1. The molecule has 0 saturated carbocycles. The van der Waals surface area contributed by atoms with Crippen molar-refractivity contribution in [2.45, 2.75) is 19.7 Å². The van der Waals surface area contributed by atoms with Gasteiger partial charge in [0.05, 0.1) is 0 Å². The fraction of sp³-hybridized carbons (Fsp3) is 0.667. The molecule has 0 spiro atoms. The molecule has 72 valence electrons. The number of ether oxygens (including phenoxy) is 1. The molecule has 0 aromatic carbocycles. The monoisotopic (exact) mass is 190 g/mol. The second-order valence-electron chi connectivity index (χ2n) is 4.19. The summed E-state index contributed by atoms with van der Waals surface area (Å²) in [7, 11) is -1.35. The molecule has 0 heterocycles. The molecule has 1 unspecified atom stereocenters. The fourth-order valence-electron chi connectivity index (χ4n) is 0.438. The Morgan fingerprint density at radius 3 is 2.08 bits per heavy atom. The van der Waals surface area contributed by atoms with Crippen LogP contribution in [0, 0.1) is 0 Å². The van der Waals surface area contributed by atoms with Gasteiger partial charge in [0, 0.05) is 0 Å². The zero-order valence-corrected chi connectivity index (χ0v) is 9.60. The van der Waals surface area contributed by atoms with Crippen LogP contribution in [0.5, 0.6) is 0 Å². The summed E-state index contributed by atoms with van der Waals surface area (Å²) in [4.78, 5) is 11.1. The number of carbonyl (C=O) groups is 1. The average Bonchev–Trinajstić information content (AvgIpc) is 1.85. The van der Waals surface area contributed by atoms with Gasteiger partial charge in [0.2, 0.25) is 0 Å². The molecular formula is C9H19O2P. The van der Waals surface area contributed by atoms with E-state index in [1.807, 2.05) is 6.92 Å². The number of hydrogen-bond acceptors (Lipinski definition) is 2. The molecule has 0 aromatic heterocycles. The van der Waals surface area contributed by atoms with Gasteiger partial charge < -0.3 is 0 Å². The van der Waals surface area contributed by atoms with Crippen LogP contribution in [0.1, 0.15) is 13.8 Å². The fourth-order valence-corrected chi connectivity index (χ4v) is 0.899. The van der Waals surface area contributed by atoms with E-state index in [0.29, 0.717) is 5.57 Å². The molecular weight excluding hydrogens is 171 g/mol. The van der Waals surface area contributed by atoms with Crippen molar-refractivity contribution in [2.75, 3.05) is 20.0 Å². The van der Waals surface area contributed by atoms with E-state index in [-0.39, 0.29) is 11.8 Å². The summed E-state index contributed by atoms with van der Waals surface area (Å²) in [6.45, 7) is 13.7. The molecule has 0 radical (unpaired) electrons. The Labute approximate surface area is 75.3 Å². The summed E-state index contributed by atoms with van der Waals surface area (Å²) >= 11 is 0. The second kappa shape index (κ2) is 4.04. The maximum atomic E-state index is 11.1. The van der Waals surface area contributed by atoms with Crippen molar-refractivity contribution in [1.82, 2.24) is 0 Å². The first-order chi connectivity index (χ1) is 5.25. The second-order valence-corrected chi connectivity index (χ2v) is 9.74. The van der Waals surface area contributed by atoms with Gasteiger partial charge in [-0.1, -0.05) is 0 Å². The van der Waals surface area contributed by atoms with Gasteiger partial charge in [-0.2, -0.15) is 0 Å². The SMILES string of the molecule is C=C(C)C(=O)OC(C)[PH](C)(C)C. The van der Waals surface area contributed by atoms with E-state index in [2.05, 4.69) is 26.6 Å². The normalized spacial score (nSPS) is 15.1. The van der Waals surface area contributed by atoms with Crippen LogP contribution in [-0.2, 0) is 9.53 Å². The number of rotatable bonds is 3. The summed E-state index contributed by atoms with van der Waals surface area (Å²) in [6, 6.07) is 0. The van der Waals surface area contributed by atoms with Crippen molar-refractivity contribution >= 4 is 13.2 Å². The Bertz CT molecular complexity index is 191. The molecule has 0 aromatic rings. The van der Waals surface area contributed by atoms with E-state index in [0.717, 1.165) is 0 Å². The van der Waals surface area contributed by atoms with Crippen molar-refractivity contribution < 1.29 is 9.53 Å². The van der Waals surface area contributed by atoms with Crippen molar-refractivity contribution in [2.24, 2.45) is 0 Å². The zero-order valence-electron chi connectivity index (χ0n) is 8.60. The predicted molar refractivity (Wildman–Crippen MR) is 56.5 cm³/mol. The number of hydrogen-bond donors (Lipinski definition) is 0. The van der Waals surface area contributed by atoms with Crippen LogP contribution < -0.4 is 0 Å². The van der Waals surface area contributed by atoms with Crippen LogP contribution in [0.25, 0.3) is 0 Å². The minimum atomic E-state index is -1.35. The van der Waals surface area contributed by atoms with Gasteiger partial charge in [-0.05, 0) is 0 Å². The molecule has 0 rings (SSSR count). The molecule has 0 saturated heterocycles. The Morgan fingerprint density at radius 2 is 1.83 bits per heavy atom. The standard InChI is InChI=1S/C9H19O2P/c1-7(2)9(10)11-8(3)12(4,5)6/h8,12H,1H2,2-6H3. The average molecular weight is 190 g/mol. The van der Waals surface area contributed by atoms with Crippen LogP contribution in [0.15, 0.2) is 12.2 Å². The molecule has 0 N–H and O–H groups in total. The van der Waals surface area contributed by atoms with Crippen molar-refractivity contribution in [1.29, 1.82) is 0 Å². The Balaban J connectivity index is 4.11. The molecule has 0 bridgehead atoms. The third-order valence-corrected chi connectivity index (χ3v) is 4.41. The van der Waals surface area contributed by atoms with Crippen LogP contribution in [-0.4, -0.2) is 31.8 Å². The van der Waals surface area contributed by atoms with E-state index in [1.165, 1.54) is 0 Å². The van der Waals surface area contributed by atoms with Gasteiger partial charge in [-0.3, -0.25) is 0 Å². The maximum absolute atomic E-state index is 11.1. The third kappa shape index (κ3) is 3.87. The van der Waals surface area contributed by atoms with E-state index >= 15 is 0 Å². The van der Waals surface area contributed by atoms with Crippen molar-refractivity contribution in [3.8, 4) is 0 Å². The Hall–Kier alpha value is -0.360. The quantitative estimate of drug-likeness (QED) is 0.387. The van der Waals surface area contributed by atoms with E-state index in [1.54, 1.807) is 6.92 Å². The Morgan fingerprint density at radius 1 is 1.42 bits per heavy atom. The van der Waals surface area contributed by atoms with Gasteiger partial charge in [0.1, 0.15) is 0 Å².